The Labute approximate surface area is 88.2 Å². The van der Waals surface area contributed by atoms with Crippen molar-refractivity contribution in [1.82, 2.24) is 9.97 Å². The highest BCUT2D eigenvalue weighted by atomic mass is 16.1. The average molecular weight is 202 g/mol. The van der Waals surface area contributed by atoms with Gasteiger partial charge in [-0.3, -0.25) is 4.79 Å². The van der Waals surface area contributed by atoms with E-state index in [2.05, 4.69) is 23.8 Å². The van der Waals surface area contributed by atoms with Crippen molar-refractivity contribution in [3.63, 3.8) is 0 Å². The predicted octanol–water partition coefficient (Wildman–Crippen LogP) is 2.16. The number of aromatic amines is 1. The molecule has 0 aliphatic heterocycles. The molecule has 15 heavy (non-hydrogen) atoms. The number of aromatic nitrogens is 2. The Morgan fingerprint density at radius 2 is 1.80 bits per heavy atom. The Kier molecular flexibility index (Phi) is 2.11. The van der Waals surface area contributed by atoms with Gasteiger partial charge in [0.25, 0.3) is 5.56 Å². The van der Waals surface area contributed by atoms with Gasteiger partial charge in [-0.1, -0.05) is 0 Å². The van der Waals surface area contributed by atoms with Gasteiger partial charge in [0.05, 0.1) is 0 Å². The molecule has 0 aliphatic carbocycles. The fourth-order valence-corrected chi connectivity index (χ4v) is 1.72. The lowest BCUT2D eigenvalue weighted by atomic mass is 10.0. The summed E-state index contributed by atoms with van der Waals surface area (Å²) in [4.78, 5) is 18.6. The molecule has 2 heterocycles. The van der Waals surface area contributed by atoms with E-state index in [-0.39, 0.29) is 5.56 Å². The Morgan fingerprint density at radius 1 is 1.13 bits per heavy atom. The monoisotopic (exact) mass is 202 g/mol. The molecule has 0 saturated carbocycles. The molecular formula is C12H14N2O. The van der Waals surface area contributed by atoms with E-state index in [1.165, 1.54) is 11.1 Å². The van der Waals surface area contributed by atoms with Crippen LogP contribution in [0.2, 0.25) is 0 Å². The molecule has 2 aromatic rings. The average Bonchev–Trinajstić information content (AvgIpc) is 2.19. The summed E-state index contributed by atoms with van der Waals surface area (Å²) in [6.45, 7) is 7.88. The van der Waals surface area contributed by atoms with Crippen molar-refractivity contribution in [3.8, 4) is 0 Å². The van der Waals surface area contributed by atoms with Gasteiger partial charge in [0, 0.05) is 16.6 Å². The van der Waals surface area contributed by atoms with E-state index in [0.29, 0.717) is 5.65 Å². The van der Waals surface area contributed by atoms with E-state index < -0.39 is 0 Å². The zero-order valence-corrected chi connectivity index (χ0v) is 9.43. The number of fused-ring (bicyclic) bond motifs is 1. The molecule has 3 nitrogen and oxygen atoms in total. The number of hydrogen-bond acceptors (Lipinski definition) is 2. The largest absolute Gasteiger partial charge is 0.306 e. The Hall–Kier alpha value is -1.64. The molecule has 0 aromatic carbocycles. The molecule has 0 aliphatic rings. The van der Waals surface area contributed by atoms with Crippen molar-refractivity contribution in [3.05, 3.63) is 38.8 Å². The van der Waals surface area contributed by atoms with Crippen LogP contribution in [-0.2, 0) is 0 Å². The summed E-state index contributed by atoms with van der Waals surface area (Å²) >= 11 is 0. The predicted molar refractivity (Wildman–Crippen MR) is 61.3 cm³/mol. The number of aryl methyl sites for hydroxylation is 3. The lowest BCUT2D eigenvalue weighted by Crippen LogP contribution is -2.10. The van der Waals surface area contributed by atoms with Crippen LogP contribution in [0.5, 0.6) is 0 Å². The molecule has 0 bridgehead atoms. The van der Waals surface area contributed by atoms with Crippen LogP contribution in [0.15, 0.2) is 10.9 Å². The smallest absolute Gasteiger partial charge is 0.252 e. The van der Waals surface area contributed by atoms with Gasteiger partial charge in [0.2, 0.25) is 0 Å². The lowest BCUT2D eigenvalue weighted by Gasteiger charge is -2.08. The zero-order chi connectivity index (χ0) is 11.2. The number of hydrogen-bond donors (Lipinski definition) is 1. The van der Waals surface area contributed by atoms with Crippen LogP contribution in [-0.4, -0.2) is 9.97 Å². The van der Waals surface area contributed by atoms with E-state index in [0.717, 1.165) is 16.6 Å². The third kappa shape index (κ3) is 1.44. The van der Waals surface area contributed by atoms with Gasteiger partial charge in [0.1, 0.15) is 5.65 Å². The third-order valence-corrected chi connectivity index (χ3v) is 2.99. The van der Waals surface area contributed by atoms with Crippen LogP contribution in [0.1, 0.15) is 22.4 Å². The quantitative estimate of drug-likeness (QED) is 0.711. The molecule has 0 saturated heterocycles. The fraction of sp³-hybridized carbons (Fsp3) is 0.333. The highest BCUT2D eigenvalue weighted by Crippen LogP contribution is 2.19. The van der Waals surface area contributed by atoms with Crippen molar-refractivity contribution in [2.45, 2.75) is 27.7 Å². The maximum atomic E-state index is 11.4. The first-order valence-electron chi connectivity index (χ1n) is 4.98. The van der Waals surface area contributed by atoms with E-state index in [1.807, 2.05) is 19.9 Å². The maximum Gasteiger partial charge on any atom is 0.252 e. The number of nitrogens with one attached hydrogen (secondary N) is 1. The van der Waals surface area contributed by atoms with Gasteiger partial charge >= 0.3 is 0 Å². The Balaban J connectivity index is 2.99. The van der Waals surface area contributed by atoms with Crippen molar-refractivity contribution in [2.24, 2.45) is 0 Å². The van der Waals surface area contributed by atoms with Crippen LogP contribution in [0, 0.1) is 27.7 Å². The second kappa shape index (κ2) is 3.19. The van der Waals surface area contributed by atoms with Gasteiger partial charge < -0.3 is 4.98 Å². The molecular weight excluding hydrogens is 188 g/mol. The molecule has 3 heteroatoms. The first-order chi connectivity index (χ1) is 7.00. The van der Waals surface area contributed by atoms with Crippen LogP contribution in [0.25, 0.3) is 11.0 Å². The zero-order valence-electron chi connectivity index (χ0n) is 9.43. The summed E-state index contributed by atoms with van der Waals surface area (Å²) in [6, 6.07) is 1.91. The molecule has 78 valence electrons. The number of H-pyrrole nitrogens is 1. The Morgan fingerprint density at radius 3 is 2.47 bits per heavy atom. The molecule has 0 radical (unpaired) electrons. The topological polar surface area (TPSA) is 45.8 Å². The van der Waals surface area contributed by atoms with E-state index in [9.17, 15) is 4.79 Å². The third-order valence-electron chi connectivity index (χ3n) is 2.99. The Bertz CT molecular complexity index is 597. The second-order valence-electron chi connectivity index (χ2n) is 3.99. The lowest BCUT2D eigenvalue weighted by molar-refractivity contribution is 1.11. The molecule has 0 fully saturated rings. The minimum atomic E-state index is -0.0577. The second-order valence-corrected chi connectivity index (χ2v) is 3.99. The van der Waals surface area contributed by atoms with Crippen LogP contribution in [0.4, 0.5) is 0 Å². The van der Waals surface area contributed by atoms with E-state index in [1.54, 1.807) is 0 Å². The minimum absolute atomic E-state index is 0.0577. The molecule has 2 aromatic heterocycles. The van der Waals surface area contributed by atoms with Gasteiger partial charge in [-0.25, -0.2) is 4.98 Å². The first-order valence-corrected chi connectivity index (χ1v) is 4.98. The van der Waals surface area contributed by atoms with Gasteiger partial charge in [-0.2, -0.15) is 0 Å². The summed E-state index contributed by atoms with van der Waals surface area (Å²) in [5.41, 5.74) is 4.71. The molecule has 0 spiro atoms. The van der Waals surface area contributed by atoms with Crippen molar-refractivity contribution < 1.29 is 0 Å². The summed E-state index contributed by atoms with van der Waals surface area (Å²) < 4.78 is 0. The summed E-state index contributed by atoms with van der Waals surface area (Å²) in [5, 5.41) is 1.04. The molecule has 1 N–H and O–H groups in total. The SMILES string of the molecule is Cc1nc2[nH]c(=O)c(C)cc2c(C)c1C. The van der Waals surface area contributed by atoms with E-state index in [4.69, 9.17) is 0 Å². The fourth-order valence-electron chi connectivity index (χ4n) is 1.72. The summed E-state index contributed by atoms with van der Waals surface area (Å²) in [5.74, 6) is 0. The molecule has 0 unspecified atom stereocenters. The molecule has 2 rings (SSSR count). The first kappa shape index (κ1) is 9.90. The van der Waals surface area contributed by atoms with Gasteiger partial charge in [-0.05, 0) is 44.9 Å². The maximum absolute atomic E-state index is 11.4. The van der Waals surface area contributed by atoms with Crippen molar-refractivity contribution in [2.75, 3.05) is 0 Å². The normalized spacial score (nSPS) is 10.9. The van der Waals surface area contributed by atoms with Crippen molar-refractivity contribution in [1.29, 1.82) is 0 Å². The van der Waals surface area contributed by atoms with Crippen LogP contribution < -0.4 is 5.56 Å². The van der Waals surface area contributed by atoms with Crippen LogP contribution in [0.3, 0.4) is 0 Å². The minimum Gasteiger partial charge on any atom is -0.306 e. The standard InChI is InChI=1S/C12H14N2O/c1-6-5-10-8(3)7(2)9(4)13-11(10)14-12(6)15/h5H,1-4H3,(H,13,14,15). The highest BCUT2D eigenvalue weighted by molar-refractivity contribution is 5.80. The van der Waals surface area contributed by atoms with Crippen LogP contribution >= 0.6 is 0 Å². The summed E-state index contributed by atoms with van der Waals surface area (Å²) in [7, 11) is 0. The van der Waals surface area contributed by atoms with Crippen molar-refractivity contribution >= 4 is 11.0 Å². The molecule has 0 atom stereocenters. The molecule has 0 amide bonds. The highest BCUT2D eigenvalue weighted by Gasteiger charge is 2.07. The van der Waals surface area contributed by atoms with Gasteiger partial charge in [-0.15, -0.1) is 0 Å². The van der Waals surface area contributed by atoms with E-state index >= 15 is 0 Å². The number of rotatable bonds is 0. The number of nitrogens with zero attached hydrogens (tertiary/aromatic N) is 1. The van der Waals surface area contributed by atoms with Gasteiger partial charge in [0.15, 0.2) is 0 Å². The summed E-state index contributed by atoms with van der Waals surface area (Å²) in [6.07, 6.45) is 0. The number of pyridine rings is 2.